The molecular weight excluding hydrogens is 895 g/mol. The van der Waals surface area contributed by atoms with E-state index in [9.17, 15) is 19.0 Å². The Morgan fingerprint density at radius 1 is 0.611 bits per heavy atom. The van der Waals surface area contributed by atoms with Crippen molar-refractivity contribution in [2.24, 2.45) is 0 Å². The van der Waals surface area contributed by atoms with Gasteiger partial charge < -0.3 is 4.74 Å². The first-order valence-corrected chi connectivity index (χ1v) is 24.8. The quantitative estimate of drug-likeness (QED) is 0.0594. The van der Waals surface area contributed by atoms with Gasteiger partial charge in [-0.1, -0.05) is 196 Å². The Kier molecular flexibility index (Phi) is 6.99. The number of rotatable bonds is 10. The van der Waals surface area contributed by atoms with Gasteiger partial charge in [-0.05, 0) is 97.4 Å². The van der Waals surface area contributed by atoms with E-state index in [-0.39, 0.29) is 22.2 Å². The minimum absolute atomic E-state index is 0.0654. The summed E-state index contributed by atoms with van der Waals surface area (Å²) in [5.74, 6) is 1.65. The third-order valence-corrected chi connectivity index (χ3v) is 16.6. The third kappa shape index (κ3) is 7.57. The second kappa shape index (κ2) is 18.0. The molecule has 0 fully saturated rings. The number of nitriles is 1. The zero-order valence-corrected chi connectivity index (χ0v) is 39.8. The third-order valence-electron chi connectivity index (χ3n) is 12.6. The van der Waals surface area contributed by atoms with Crippen LogP contribution in [0.15, 0.2) is 242 Å². The summed E-state index contributed by atoms with van der Waals surface area (Å²) in [6.45, 7) is 6.43. The topological polar surface area (TPSA) is 59.6 Å². The predicted octanol–water partition coefficient (Wildman–Crippen LogP) is 12.2. The molecule has 12 rings (SSSR count). The fourth-order valence-electron chi connectivity index (χ4n) is 9.31. The van der Waals surface area contributed by atoms with Crippen LogP contribution in [0.3, 0.4) is 0 Å². The van der Waals surface area contributed by atoms with E-state index < -0.39 is 149 Å². The Morgan fingerprint density at radius 3 is 1.96 bits per heavy atom. The molecule has 0 aliphatic rings. The van der Waals surface area contributed by atoms with Gasteiger partial charge in [0, 0.05) is 23.0 Å². The standard InChI is InChI=1S/C65H49N5OSi/c1-65(2,3)48-38-39-67-63(41-48)70-59-33-14-13-31-57(59)58-37-36-51(43-62(58)70)71-50-23-19-22-49(42-50)68-45-69(61-35-16-15-34-60(61)68)64-47(44-66)21-18-32-56(64)46-20-17-30-55(40-46)72(52-24-7-4-8-25-52,53-26-9-5-10-27-53)54-28-11-6-12-29-54/h4-43H,1-3H3/i4D,5D,6D,7D,8D,9D,10D,11D,12D,17D,20D,24D,25D,26D,27D,28D,29D,30D,40D. The van der Waals surface area contributed by atoms with Gasteiger partial charge in [0.2, 0.25) is 0 Å². The van der Waals surface area contributed by atoms with E-state index >= 15 is 0 Å². The van der Waals surface area contributed by atoms with Crippen LogP contribution in [0, 0.1) is 17.7 Å². The number of benzene rings is 9. The number of ether oxygens (including phenoxy) is 1. The van der Waals surface area contributed by atoms with Gasteiger partial charge in [0.05, 0.1) is 71.1 Å². The van der Waals surface area contributed by atoms with Crippen molar-refractivity contribution >= 4 is 61.7 Å². The van der Waals surface area contributed by atoms with Crippen LogP contribution in [-0.4, -0.2) is 22.2 Å². The first kappa shape index (κ1) is 27.9. The Hall–Kier alpha value is -9.09. The molecule has 3 heterocycles. The van der Waals surface area contributed by atoms with Gasteiger partial charge in [0.1, 0.15) is 17.3 Å². The van der Waals surface area contributed by atoms with Gasteiger partial charge in [0.15, 0.2) is 8.07 Å². The van der Waals surface area contributed by atoms with Gasteiger partial charge >= 0.3 is 0 Å². The van der Waals surface area contributed by atoms with Crippen molar-refractivity contribution in [1.29, 1.82) is 5.26 Å². The summed E-state index contributed by atoms with van der Waals surface area (Å²) in [7, 11) is -6.19. The molecule has 0 aliphatic carbocycles. The van der Waals surface area contributed by atoms with Crippen molar-refractivity contribution in [3.63, 3.8) is 0 Å². The van der Waals surface area contributed by atoms with Gasteiger partial charge in [-0.3, -0.25) is 13.7 Å². The van der Waals surface area contributed by atoms with Crippen LogP contribution in [0.2, 0.25) is 0 Å². The maximum absolute atomic E-state index is 11.1. The molecule has 9 aromatic carbocycles. The van der Waals surface area contributed by atoms with Crippen LogP contribution in [-0.2, 0) is 5.41 Å². The summed E-state index contributed by atoms with van der Waals surface area (Å²) in [4.78, 5) is 4.82. The molecule has 6 nitrogen and oxygen atoms in total. The summed E-state index contributed by atoms with van der Waals surface area (Å²) in [6, 6.07) is 18.3. The SMILES string of the molecule is [2H]c1c([2H])c([2H])c([Si](c2c([2H])c([2H])c([2H])c([2H])c2[2H])(c2c([2H])c([2H])c([2H])c([2H])c2[2H])c2c([2H])c([2H])c([2H])c(-c3cccc(C#N)c3-[n+]3[c-]n(-c4cccc(Oc5ccc6c7ccccc7n(-c7cc(C(C)(C)C)ccn7)c6c5)c4)c4ccccc43)c2[2H])c([2H])c1[2H]. The van der Waals surface area contributed by atoms with E-state index in [1.807, 2.05) is 48.7 Å². The summed E-state index contributed by atoms with van der Waals surface area (Å²) >= 11 is 0. The lowest BCUT2D eigenvalue weighted by molar-refractivity contribution is -0.572. The number of aromatic nitrogens is 4. The van der Waals surface area contributed by atoms with Crippen LogP contribution in [0.4, 0.5) is 0 Å². The maximum Gasteiger partial charge on any atom is 0.269 e. The molecule has 3 aromatic heterocycles. The van der Waals surface area contributed by atoms with E-state index in [0.717, 1.165) is 33.2 Å². The zero-order chi connectivity index (χ0) is 65.3. The molecule has 0 unspecified atom stereocenters. The molecule has 0 spiro atoms. The predicted molar refractivity (Wildman–Crippen MR) is 295 cm³/mol. The molecule has 0 saturated heterocycles. The highest BCUT2D eigenvalue weighted by atomic mass is 28.3. The smallest absolute Gasteiger partial charge is 0.269 e. The van der Waals surface area contributed by atoms with Crippen molar-refractivity contribution in [3.05, 3.63) is 260 Å². The molecule has 0 bridgehead atoms. The number of para-hydroxylation sites is 4. The molecule has 0 radical (unpaired) electrons. The molecule has 7 heteroatoms. The Labute approximate surface area is 447 Å². The maximum atomic E-state index is 11.1. The van der Waals surface area contributed by atoms with Crippen molar-refractivity contribution in [3.8, 4) is 45.9 Å². The first-order valence-electron chi connectivity index (χ1n) is 32.3. The van der Waals surface area contributed by atoms with Gasteiger partial charge in [-0.25, -0.2) is 4.98 Å². The highest BCUT2D eigenvalue weighted by Crippen LogP contribution is 2.37. The Bertz CT molecular complexity index is 4930. The minimum atomic E-state index is -6.19. The van der Waals surface area contributed by atoms with Gasteiger partial charge in [-0.2, -0.15) is 5.26 Å². The van der Waals surface area contributed by atoms with E-state index in [1.165, 1.54) is 22.8 Å². The van der Waals surface area contributed by atoms with Crippen molar-refractivity contribution in [2.75, 3.05) is 0 Å². The van der Waals surface area contributed by atoms with E-state index in [0.29, 0.717) is 28.2 Å². The Balaban J connectivity index is 1.11. The lowest BCUT2D eigenvalue weighted by Crippen LogP contribution is -2.74. The molecule has 344 valence electrons. The zero-order valence-electron chi connectivity index (χ0n) is 57.8. The highest BCUT2D eigenvalue weighted by Gasteiger charge is 2.41. The lowest BCUT2D eigenvalue weighted by atomic mass is 9.88. The van der Waals surface area contributed by atoms with Crippen molar-refractivity contribution in [1.82, 2.24) is 14.1 Å². The van der Waals surface area contributed by atoms with Gasteiger partial charge in [-0.15, -0.1) is 0 Å². The highest BCUT2D eigenvalue weighted by molar-refractivity contribution is 7.19. The van der Waals surface area contributed by atoms with Crippen molar-refractivity contribution in [2.45, 2.75) is 26.2 Å². The second-order valence-corrected chi connectivity index (χ2v) is 21.4. The van der Waals surface area contributed by atoms with E-state index in [2.05, 4.69) is 49.9 Å². The molecule has 0 saturated carbocycles. The fourth-order valence-corrected chi connectivity index (χ4v) is 12.9. The molecular formula is C65H49N5OSi. The molecule has 0 N–H and O–H groups in total. The summed E-state index contributed by atoms with van der Waals surface area (Å²) in [5, 5.41) is 9.22. The lowest BCUT2D eigenvalue weighted by Gasteiger charge is -2.34. The molecule has 0 atom stereocenters. The average molecular weight is 963 g/mol. The molecule has 72 heavy (non-hydrogen) atoms. The number of hydrogen-bond donors (Lipinski definition) is 0. The number of hydrogen-bond acceptors (Lipinski definition) is 3. The monoisotopic (exact) mass is 962 g/mol. The molecule has 0 amide bonds. The van der Waals surface area contributed by atoms with Gasteiger partial charge in [0.25, 0.3) is 6.33 Å². The number of imidazole rings is 1. The first-order chi connectivity index (χ1) is 43.2. The number of fused-ring (bicyclic) bond motifs is 4. The van der Waals surface area contributed by atoms with Crippen LogP contribution in [0.1, 0.15) is 57.9 Å². The van der Waals surface area contributed by atoms with E-state index in [1.54, 1.807) is 53.1 Å². The summed E-state index contributed by atoms with van der Waals surface area (Å²) in [6.07, 6.45) is 5.16. The number of nitrogens with zero attached hydrogens (tertiary/aromatic N) is 5. The van der Waals surface area contributed by atoms with Crippen LogP contribution >= 0.6 is 0 Å². The molecule has 0 aliphatic heterocycles. The summed E-state index contributed by atoms with van der Waals surface area (Å²) in [5.41, 5.74) is 3.25. The average Bonchev–Trinajstić information content (AvgIpc) is 1.48. The Morgan fingerprint density at radius 2 is 1.25 bits per heavy atom. The normalized spacial score (nSPS) is 15.5. The second-order valence-electron chi connectivity index (χ2n) is 17.9. The largest absolute Gasteiger partial charge is 0.458 e. The van der Waals surface area contributed by atoms with Crippen LogP contribution in [0.5, 0.6) is 11.5 Å². The number of pyridine rings is 1. The summed E-state index contributed by atoms with van der Waals surface area (Å²) < 4.78 is 189. The van der Waals surface area contributed by atoms with Crippen molar-refractivity contribution < 1.29 is 35.3 Å². The van der Waals surface area contributed by atoms with Crippen LogP contribution in [0.25, 0.3) is 61.2 Å². The van der Waals surface area contributed by atoms with Crippen LogP contribution < -0.4 is 30.1 Å². The van der Waals surface area contributed by atoms with E-state index in [4.69, 9.17) is 22.1 Å². The fraction of sp³-hybridized carbons (Fsp3) is 0.0615. The molecule has 12 aromatic rings. The minimum Gasteiger partial charge on any atom is -0.458 e.